The van der Waals surface area contributed by atoms with E-state index in [2.05, 4.69) is 5.32 Å². The molecule has 0 aromatic rings. The molecule has 0 atom stereocenters. The molecular formula is C6H11N2O. The Morgan fingerprint density at radius 1 is 1.67 bits per heavy atom. The highest BCUT2D eigenvalue weighted by molar-refractivity contribution is 5.78. The van der Waals surface area contributed by atoms with Gasteiger partial charge in [0.05, 0.1) is 6.54 Å². The van der Waals surface area contributed by atoms with Crippen LogP contribution in [0.3, 0.4) is 0 Å². The van der Waals surface area contributed by atoms with E-state index in [1.807, 2.05) is 0 Å². The number of carbonyl (C=O) groups is 1. The molecule has 9 heavy (non-hydrogen) atoms. The third kappa shape index (κ3) is 1.68. The number of amides is 1. The van der Waals surface area contributed by atoms with Gasteiger partial charge in [0, 0.05) is 6.04 Å². The highest BCUT2D eigenvalue weighted by Gasteiger charge is 2.18. The summed E-state index contributed by atoms with van der Waals surface area (Å²) < 4.78 is 0. The van der Waals surface area contributed by atoms with E-state index in [9.17, 15) is 4.79 Å². The van der Waals surface area contributed by atoms with Crippen LogP contribution in [0.4, 0.5) is 0 Å². The molecule has 0 spiro atoms. The Balaban J connectivity index is 2.09. The molecule has 0 aromatic carbocycles. The zero-order chi connectivity index (χ0) is 6.69. The summed E-state index contributed by atoms with van der Waals surface area (Å²) in [5.74, 6) is -0.139. The monoisotopic (exact) mass is 127 g/mol. The third-order valence-corrected chi connectivity index (χ3v) is 1.63. The van der Waals surface area contributed by atoms with E-state index in [-0.39, 0.29) is 12.5 Å². The van der Waals surface area contributed by atoms with Crippen molar-refractivity contribution in [1.82, 2.24) is 11.1 Å². The van der Waals surface area contributed by atoms with Crippen LogP contribution in [0.15, 0.2) is 0 Å². The highest BCUT2D eigenvalue weighted by Crippen LogP contribution is 2.17. The fourth-order valence-electron chi connectivity index (χ4n) is 0.831. The number of hydrogen-bond donors (Lipinski definition) is 1. The van der Waals surface area contributed by atoms with Gasteiger partial charge in [-0.2, -0.15) is 0 Å². The van der Waals surface area contributed by atoms with Crippen molar-refractivity contribution in [2.24, 2.45) is 0 Å². The maximum absolute atomic E-state index is 10.5. The summed E-state index contributed by atoms with van der Waals surface area (Å²) in [6.45, 7) is -0.128. The van der Waals surface area contributed by atoms with Crippen molar-refractivity contribution < 1.29 is 4.79 Å². The Morgan fingerprint density at radius 3 is 2.67 bits per heavy atom. The topological polar surface area (TPSA) is 52.9 Å². The zero-order valence-electron chi connectivity index (χ0n) is 5.31. The van der Waals surface area contributed by atoms with Crippen LogP contribution in [0.1, 0.15) is 19.3 Å². The molecule has 1 rings (SSSR count). The van der Waals surface area contributed by atoms with Gasteiger partial charge in [-0.1, -0.05) is 0 Å². The average Bonchev–Trinajstić information content (AvgIpc) is 1.78. The zero-order valence-corrected chi connectivity index (χ0v) is 5.31. The molecule has 1 saturated carbocycles. The van der Waals surface area contributed by atoms with Crippen molar-refractivity contribution in [3.05, 3.63) is 0 Å². The first-order chi connectivity index (χ1) is 4.33. The SMILES string of the molecule is [NH]CC(=O)NC1CCC1. The number of nitrogens with one attached hydrogen (secondary N) is 2. The molecule has 1 fully saturated rings. The van der Waals surface area contributed by atoms with Crippen molar-refractivity contribution in [2.75, 3.05) is 6.54 Å². The van der Waals surface area contributed by atoms with Gasteiger partial charge in [-0.3, -0.25) is 4.79 Å². The van der Waals surface area contributed by atoms with Crippen LogP contribution < -0.4 is 11.1 Å². The predicted octanol–water partition coefficient (Wildman–Crippen LogP) is -0.0620. The van der Waals surface area contributed by atoms with E-state index in [1.165, 1.54) is 6.42 Å². The summed E-state index contributed by atoms with van der Waals surface area (Å²) in [6, 6.07) is 0.392. The largest absolute Gasteiger partial charge is 0.352 e. The Morgan fingerprint density at radius 2 is 2.33 bits per heavy atom. The van der Waals surface area contributed by atoms with Gasteiger partial charge < -0.3 is 5.32 Å². The summed E-state index contributed by atoms with van der Waals surface area (Å²) >= 11 is 0. The minimum atomic E-state index is -0.139. The van der Waals surface area contributed by atoms with E-state index >= 15 is 0 Å². The smallest absolute Gasteiger partial charge is 0.235 e. The molecule has 0 heterocycles. The predicted molar refractivity (Wildman–Crippen MR) is 33.7 cm³/mol. The van der Waals surface area contributed by atoms with E-state index < -0.39 is 0 Å². The number of carbonyl (C=O) groups excluding carboxylic acids is 1. The number of hydrogen-bond acceptors (Lipinski definition) is 1. The third-order valence-electron chi connectivity index (χ3n) is 1.63. The Kier molecular flexibility index (Phi) is 2.05. The lowest BCUT2D eigenvalue weighted by Crippen LogP contribution is -2.41. The first-order valence-corrected chi connectivity index (χ1v) is 3.27. The lowest BCUT2D eigenvalue weighted by atomic mass is 9.93. The van der Waals surface area contributed by atoms with Crippen LogP contribution >= 0.6 is 0 Å². The molecule has 3 nitrogen and oxygen atoms in total. The first kappa shape index (κ1) is 6.55. The minimum absolute atomic E-state index is 0.128. The van der Waals surface area contributed by atoms with Gasteiger partial charge in [-0.25, -0.2) is 5.73 Å². The molecule has 1 radical (unpaired) electrons. The number of rotatable bonds is 2. The fourth-order valence-corrected chi connectivity index (χ4v) is 0.831. The first-order valence-electron chi connectivity index (χ1n) is 3.27. The summed E-state index contributed by atoms with van der Waals surface area (Å²) in [7, 11) is 0. The Hall–Kier alpha value is -0.570. The van der Waals surface area contributed by atoms with Gasteiger partial charge in [0.25, 0.3) is 0 Å². The fraction of sp³-hybridized carbons (Fsp3) is 0.833. The maximum Gasteiger partial charge on any atom is 0.235 e. The highest BCUT2D eigenvalue weighted by atomic mass is 16.1. The molecule has 1 amide bonds. The van der Waals surface area contributed by atoms with Gasteiger partial charge in [-0.05, 0) is 19.3 Å². The van der Waals surface area contributed by atoms with Crippen molar-refractivity contribution in [2.45, 2.75) is 25.3 Å². The summed E-state index contributed by atoms with van der Waals surface area (Å²) in [6.07, 6.45) is 3.43. The van der Waals surface area contributed by atoms with Crippen LogP contribution in [0, 0.1) is 0 Å². The Labute approximate surface area is 54.6 Å². The van der Waals surface area contributed by atoms with Crippen LogP contribution in [-0.4, -0.2) is 18.5 Å². The molecule has 0 saturated heterocycles. The molecule has 1 aliphatic carbocycles. The normalized spacial score (nSPS) is 18.8. The van der Waals surface area contributed by atoms with Crippen molar-refractivity contribution in [3.63, 3.8) is 0 Å². The molecule has 0 aromatic heterocycles. The molecule has 0 unspecified atom stereocenters. The van der Waals surface area contributed by atoms with E-state index in [0.717, 1.165) is 12.8 Å². The Bertz CT molecular complexity index is 110. The van der Waals surface area contributed by atoms with Gasteiger partial charge in [0.2, 0.25) is 5.91 Å². The molecular weight excluding hydrogens is 116 g/mol. The van der Waals surface area contributed by atoms with Gasteiger partial charge >= 0.3 is 0 Å². The van der Waals surface area contributed by atoms with Crippen LogP contribution in [0.5, 0.6) is 0 Å². The van der Waals surface area contributed by atoms with Gasteiger partial charge in [0.1, 0.15) is 0 Å². The van der Waals surface area contributed by atoms with Crippen LogP contribution in [0.25, 0.3) is 0 Å². The van der Waals surface area contributed by atoms with E-state index in [1.54, 1.807) is 0 Å². The van der Waals surface area contributed by atoms with E-state index in [4.69, 9.17) is 5.73 Å². The second-order valence-corrected chi connectivity index (χ2v) is 2.37. The lowest BCUT2D eigenvalue weighted by molar-refractivity contribution is -0.121. The van der Waals surface area contributed by atoms with E-state index in [0.29, 0.717) is 6.04 Å². The summed E-state index contributed by atoms with van der Waals surface area (Å²) in [5, 5.41) is 2.74. The molecule has 1 aliphatic rings. The maximum atomic E-state index is 10.5. The lowest BCUT2D eigenvalue weighted by Gasteiger charge is -2.25. The van der Waals surface area contributed by atoms with Gasteiger partial charge in [0.15, 0.2) is 0 Å². The summed E-state index contributed by atoms with van der Waals surface area (Å²) in [4.78, 5) is 10.5. The molecule has 3 heteroatoms. The quantitative estimate of drug-likeness (QED) is 0.555. The molecule has 2 N–H and O–H groups in total. The minimum Gasteiger partial charge on any atom is -0.352 e. The second-order valence-electron chi connectivity index (χ2n) is 2.37. The van der Waals surface area contributed by atoms with Gasteiger partial charge in [-0.15, -0.1) is 0 Å². The van der Waals surface area contributed by atoms with Crippen molar-refractivity contribution in [3.8, 4) is 0 Å². The summed E-state index contributed by atoms with van der Waals surface area (Å²) in [5.41, 5.74) is 6.69. The average molecular weight is 127 g/mol. The molecule has 0 bridgehead atoms. The molecule has 0 aliphatic heterocycles. The van der Waals surface area contributed by atoms with Crippen LogP contribution in [0.2, 0.25) is 0 Å². The van der Waals surface area contributed by atoms with Crippen molar-refractivity contribution in [1.29, 1.82) is 0 Å². The standard InChI is InChI=1S/C6H11N2O/c7-4-6(9)8-5-2-1-3-5/h5,7H,1-4H2,(H,8,9). The van der Waals surface area contributed by atoms with Crippen molar-refractivity contribution >= 4 is 5.91 Å². The molecule has 51 valence electrons. The van der Waals surface area contributed by atoms with Crippen LogP contribution in [-0.2, 0) is 4.79 Å². The second kappa shape index (κ2) is 2.82.